The van der Waals surface area contributed by atoms with Gasteiger partial charge < -0.3 is 5.32 Å². The molecule has 1 aromatic heterocycles. The second-order valence-electron chi connectivity index (χ2n) is 3.37. The van der Waals surface area contributed by atoms with Crippen LogP contribution in [0.25, 0.3) is 6.08 Å². The van der Waals surface area contributed by atoms with Gasteiger partial charge in [0.05, 0.1) is 5.69 Å². The Hall–Kier alpha value is -1.16. The van der Waals surface area contributed by atoms with Crippen molar-refractivity contribution in [2.75, 3.05) is 6.54 Å². The largest absolute Gasteiger partial charge is 0.356 e. The fourth-order valence-electron chi connectivity index (χ4n) is 1.08. The van der Waals surface area contributed by atoms with Crippen LogP contribution < -0.4 is 5.32 Å². The lowest BCUT2D eigenvalue weighted by atomic mass is 10.3. The molecule has 1 amide bonds. The number of thiazole rings is 1. The maximum atomic E-state index is 10.6. The summed E-state index contributed by atoms with van der Waals surface area (Å²) in [6.07, 6.45) is 4.89. The first-order valence-corrected chi connectivity index (χ1v) is 5.76. The van der Waals surface area contributed by atoms with Crippen molar-refractivity contribution in [2.45, 2.75) is 27.2 Å². The van der Waals surface area contributed by atoms with Gasteiger partial charge in [-0.1, -0.05) is 6.08 Å². The number of nitrogens with zero attached hydrogens (tertiary/aromatic N) is 1. The van der Waals surface area contributed by atoms with Gasteiger partial charge in [-0.3, -0.25) is 4.79 Å². The zero-order valence-electron chi connectivity index (χ0n) is 9.33. The molecule has 3 nitrogen and oxygen atoms in total. The standard InChI is InChI=1S/C11H16N2OS/c1-8-9(2)15-11(13-8)6-4-5-7-12-10(3)14/h4,6H,5,7H2,1-3H3,(H,12,14). The van der Waals surface area contributed by atoms with Crippen LogP contribution in [0.1, 0.15) is 28.9 Å². The lowest BCUT2D eigenvalue weighted by Crippen LogP contribution is -2.20. The van der Waals surface area contributed by atoms with E-state index in [2.05, 4.69) is 17.2 Å². The molecule has 1 N–H and O–H groups in total. The Bertz CT molecular complexity index is 349. The summed E-state index contributed by atoms with van der Waals surface area (Å²) in [5, 5.41) is 3.78. The van der Waals surface area contributed by atoms with E-state index in [1.165, 1.54) is 11.8 Å². The molecule has 1 heterocycles. The Kier molecular flexibility index (Phi) is 4.49. The highest BCUT2D eigenvalue weighted by Crippen LogP contribution is 2.17. The molecule has 4 heteroatoms. The van der Waals surface area contributed by atoms with E-state index < -0.39 is 0 Å². The van der Waals surface area contributed by atoms with Crippen molar-refractivity contribution in [1.82, 2.24) is 10.3 Å². The Labute approximate surface area is 94.2 Å². The fraction of sp³-hybridized carbons (Fsp3) is 0.455. The molecule has 0 aliphatic heterocycles. The second kappa shape index (κ2) is 5.66. The number of rotatable bonds is 4. The Morgan fingerprint density at radius 2 is 2.27 bits per heavy atom. The number of aromatic nitrogens is 1. The number of carbonyl (C=O) groups is 1. The highest BCUT2D eigenvalue weighted by atomic mass is 32.1. The molecule has 0 bridgehead atoms. The normalized spacial score (nSPS) is 10.9. The molecule has 0 aliphatic rings. The summed E-state index contributed by atoms with van der Waals surface area (Å²) >= 11 is 1.69. The molecule has 0 radical (unpaired) electrons. The van der Waals surface area contributed by atoms with E-state index in [0.717, 1.165) is 17.1 Å². The number of aryl methyl sites for hydroxylation is 2. The van der Waals surface area contributed by atoms with Crippen LogP contribution >= 0.6 is 11.3 Å². The topological polar surface area (TPSA) is 42.0 Å². The molecule has 82 valence electrons. The van der Waals surface area contributed by atoms with Gasteiger partial charge in [0.1, 0.15) is 5.01 Å². The van der Waals surface area contributed by atoms with E-state index in [1.807, 2.05) is 19.1 Å². The molecule has 0 unspecified atom stereocenters. The summed E-state index contributed by atoms with van der Waals surface area (Å²) in [4.78, 5) is 16.2. The highest BCUT2D eigenvalue weighted by molar-refractivity contribution is 7.12. The maximum absolute atomic E-state index is 10.6. The van der Waals surface area contributed by atoms with E-state index in [1.54, 1.807) is 11.3 Å². The number of hydrogen-bond donors (Lipinski definition) is 1. The number of nitrogens with one attached hydrogen (secondary N) is 1. The molecule has 0 aliphatic carbocycles. The van der Waals surface area contributed by atoms with Gasteiger partial charge in [-0.2, -0.15) is 0 Å². The minimum absolute atomic E-state index is 0.0179. The van der Waals surface area contributed by atoms with Gasteiger partial charge in [0, 0.05) is 18.3 Å². The SMILES string of the molecule is CC(=O)NCCC=Cc1nc(C)c(C)s1. The van der Waals surface area contributed by atoms with Gasteiger partial charge in [0.25, 0.3) is 0 Å². The van der Waals surface area contributed by atoms with Crippen LogP contribution in [0.3, 0.4) is 0 Å². The first kappa shape index (κ1) is 11.9. The van der Waals surface area contributed by atoms with Crippen LogP contribution in [-0.2, 0) is 4.79 Å². The molecule has 0 spiro atoms. The molecule has 0 atom stereocenters. The Morgan fingerprint density at radius 3 is 2.80 bits per heavy atom. The van der Waals surface area contributed by atoms with Crippen LogP contribution in [0, 0.1) is 13.8 Å². The fourth-order valence-corrected chi connectivity index (χ4v) is 1.94. The van der Waals surface area contributed by atoms with Crippen LogP contribution in [-0.4, -0.2) is 17.4 Å². The van der Waals surface area contributed by atoms with E-state index in [4.69, 9.17) is 0 Å². The predicted octanol–water partition coefficient (Wildman–Crippen LogP) is 2.30. The average molecular weight is 224 g/mol. The van der Waals surface area contributed by atoms with Gasteiger partial charge in [0.2, 0.25) is 5.91 Å². The summed E-state index contributed by atoms with van der Waals surface area (Å²) < 4.78 is 0. The molecule has 0 saturated carbocycles. The van der Waals surface area contributed by atoms with Crippen molar-refractivity contribution in [3.63, 3.8) is 0 Å². The first-order chi connectivity index (χ1) is 7.09. The van der Waals surface area contributed by atoms with Gasteiger partial charge >= 0.3 is 0 Å². The first-order valence-electron chi connectivity index (χ1n) is 4.94. The van der Waals surface area contributed by atoms with Crippen molar-refractivity contribution in [3.8, 4) is 0 Å². The third-order valence-electron chi connectivity index (χ3n) is 1.99. The molecule has 0 aromatic carbocycles. The number of carbonyl (C=O) groups excluding carboxylic acids is 1. The number of hydrogen-bond acceptors (Lipinski definition) is 3. The van der Waals surface area contributed by atoms with Crippen molar-refractivity contribution in [3.05, 3.63) is 21.7 Å². The maximum Gasteiger partial charge on any atom is 0.216 e. The van der Waals surface area contributed by atoms with Crippen LogP contribution in [0.5, 0.6) is 0 Å². The predicted molar refractivity (Wildman–Crippen MR) is 63.9 cm³/mol. The second-order valence-corrected chi connectivity index (χ2v) is 4.60. The van der Waals surface area contributed by atoms with Gasteiger partial charge in [-0.05, 0) is 26.3 Å². The third-order valence-corrected chi connectivity index (χ3v) is 3.03. The number of amides is 1. The minimum Gasteiger partial charge on any atom is -0.356 e. The molecule has 0 fully saturated rings. The van der Waals surface area contributed by atoms with Crippen molar-refractivity contribution in [1.29, 1.82) is 0 Å². The van der Waals surface area contributed by atoms with E-state index in [0.29, 0.717) is 6.54 Å². The van der Waals surface area contributed by atoms with Crippen molar-refractivity contribution < 1.29 is 4.79 Å². The van der Waals surface area contributed by atoms with Crippen LogP contribution in [0.4, 0.5) is 0 Å². The summed E-state index contributed by atoms with van der Waals surface area (Å²) in [7, 11) is 0. The monoisotopic (exact) mass is 224 g/mol. The lowest BCUT2D eigenvalue weighted by molar-refractivity contribution is -0.118. The van der Waals surface area contributed by atoms with E-state index in [9.17, 15) is 4.79 Å². The van der Waals surface area contributed by atoms with E-state index in [-0.39, 0.29) is 5.91 Å². The van der Waals surface area contributed by atoms with Crippen molar-refractivity contribution in [2.24, 2.45) is 0 Å². The van der Waals surface area contributed by atoms with Gasteiger partial charge in [-0.25, -0.2) is 4.98 Å². The Morgan fingerprint density at radius 1 is 1.53 bits per heavy atom. The van der Waals surface area contributed by atoms with Gasteiger partial charge in [0.15, 0.2) is 0 Å². The zero-order chi connectivity index (χ0) is 11.3. The summed E-state index contributed by atoms with van der Waals surface area (Å²) in [5.41, 5.74) is 1.10. The van der Waals surface area contributed by atoms with Gasteiger partial charge in [-0.15, -0.1) is 11.3 Å². The van der Waals surface area contributed by atoms with E-state index >= 15 is 0 Å². The molecule has 0 saturated heterocycles. The highest BCUT2D eigenvalue weighted by Gasteiger charge is 1.98. The Balaban J connectivity index is 2.35. The molecular weight excluding hydrogens is 208 g/mol. The molecule has 15 heavy (non-hydrogen) atoms. The smallest absolute Gasteiger partial charge is 0.216 e. The summed E-state index contributed by atoms with van der Waals surface area (Å²) in [5.74, 6) is 0.0179. The average Bonchev–Trinajstić information content (AvgIpc) is 2.45. The van der Waals surface area contributed by atoms with Crippen molar-refractivity contribution >= 4 is 23.3 Å². The quantitative estimate of drug-likeness (QED) is 0.797. The molecule has 1 rings (SSSR count). The molecular formula is C11H16N2OS. The van der Waals surface area contributed by atoms with Crippen LogP contribution in [0.15, 0.2) is 6.08 Å². The summed E-state index contributed by atoms with van der Waals surface area (Å²) in [6.45, 7) is 6.30. The third kappa shape index (κ3) is 4.25. The lowest BCUT2D eigenvalue weighted by Gasteiger charge is -1.95. The zero-order valence-corrected chi connectivity index (χ0v) is 10.1. The summed E-state index contributed by atoms with van der Waals surface area (Å²) in [6, 6.07) is 0. The van der Waals surface area contributed by atoms with Crippen LogP contribution in [0.2, 0.25) is 0 Å². The molecule has 1 aromatic rings. The minimum atomic E-state index is 0.0179.